The van der Waals surface area contributed by atoms with Crippen LogP contribution in [-0.2, 0) is 11.3 Å². The van der Waals surface area contributed by atoms with E-state index in [9.17, 15) is 14.9 Å². The molecule has 144 valence electrons. The smallest absolute Gasteiger partial charge is 0.269 e. The molecule has 0 unspecified atom stereocenters. The van der Waals surface area contributed by atoms with E-state index in [1.54, 1.807) is 31.5 Å². The van der Waals surface area contributed by atoms with E-state index in [0.717, 1.165) is 10.5 Å². The molecule has 1 heterocycles. The molecule has 1 aromatic heterocycles. The topological polar surface area (TPSA) is 90.1 Å². The van der Waals surface area contributed by atoms with Gasteiger partial charge in [0.05, 0.1) is 16.7 Å². The Morgan fingerprint density at radius 1 is 1.29 bits per heavy atom. The van der Waals surface area contributed by atoms with Crippen LogP contribution >= 0.6 is 23.4 Å². The number of aromatic nitrogens is 2. The van der Waals surface area contributed by atoms with Crippen molar-refractivity contribution in [3.05, 3.63) is 81.6 Å². The Morgan fingerprint density at radius 2 is 2.00 bits per heavy atom. The highest BCUT2D eigenvalue weighted by Crippen LogP contribution is 2.26. The number of imidazole rings is 1. The van der Waals surface area contributed by atoms with Gasteiger partial charge in [-0.15, -0.1) is 11.8 Å². The molecular formula is C19H17ClN4O3S. The van der Waals surface area contributed by atoms with Gasteiger partial charge in [0.15, 0.2) is 0 Å². The Labute approximate surface area is 170 Å². The van der Waals surface area contributed by atoms with E-state index in [2.05, 4.69) is 10.3 Å². The molecule has 0 bridgehead atoms. The van der Waals surface area contributed by atoms with Gasteiger partial charge in [0, 0.05) is 34.4 Å². The minimum Gasteiger partial charge on any atom is -0.313 e. The molecule has 28 heavy (non-hydrogen) atoms. The van der Waals surface area contributed by atoms with Gasteiger partial charge < -0.3 is 4.57 Å². The summed E-state index contributed by atoms with van der Waals surface area (Å²) in [6.45, 7) is 2.25. The van der Waals surface area contributed by atoms with Crippen LogP contribution in [0.15, 0.2) is 65.8 Å². The summed E-state index contributed by atoms with van der Waals surface area (Å²) in [7, 11) is 0. The quantitative estimate of drug-likeness (QED) is 0.345. The largest absolute Gasteiger partial charge is 0.313 e. The van der Waals surface area contributed by atoms with Gasteiger partial charge in [-0.3, -0.25) is 20.2 Å². The number of carbonyl (C=O) groups is 1. The van der Waals surface area contributed by atoms with Crippen molar-refractivity contribution in [2.45, 2.75) is 23.6 Å². The number of hydrogen-bond acceptors (Lipinski definition) is 5. The highest BCUT2D eigenvalue weighted by molar-refractivity contribution is 8.00. The van der Waals surface area contributed by atoms with Crippen LogP contribution in [0.4, 0.5) is 11.6 Å². The number of amides is 1. The van der Waals surface area contributed by atoms with E-state index in [0.29, 0.717) is 17.5 Å². The van der Waals surface area contributed by atoms with Crippen molar-refractivity contribution >= 4 is 40.9 Å². The molecule has 0 aliphatic rings. The van der Waals surface area contributed by atoms with Gasteiger partial charge in [-0.25, -0.2) is 4.98 Å². The summed E-state index contributed by atoms with van der Waals surface area (Å²) in [5.74, 6) is 0.219. The molecular weight excluding hydrogens is 400 g/mol. The average molecular weight is 417 g/mol. The Balaban J connectivity index is 1.64. The molecule has 1 amide bonds. The Bertz CT molecular complexity index is 991. The van der Waals surface area contributed by atoms with Gasteiger partial charge in [0.2, 0.25) is 11.9 Å². The predicted octanol–water partition coefficient (Wildman–Crippen LogP) is 4.61. The number of halogens is 1. The highest BCUT2D eigenvalue weighted by Gasteiger charge is 2.17. The van der Waals surface area contributed by atoms with E-state index in [4.69, 9.17) is 11.6 Å². The lowest BCUT2D eigenvalue weighted by molar-refractivity contribution is -0.384. The minimum atomic E-state index is -0.455. The third-order valence-electron chi connectivity index (χ3n) is 3.98. The normalized spacial score (nSPS) is 11.8. The first kappa shape index (κ1) is 19.9. The maximum Gasteiger partial charge on any atom is 0.269 e. The molecule has 0 spiro atoms. The number of nitro groups is 1. The molecule has 3 aromatic rings. The van der Waals surface area contributed by atoms with Crippen LogP contribution < -0.4 is 5.32 Å². The molecule has 0 radical (unpaired) electrons. The number of non-ortho nitro benzene ring substituents is 1. The third-order valence-corrected chi connectivity index (χ3v) is 5.46. The van der Waals surface area contributed by atoms with Gasteiger partial charge in [-0.05, 0) is 30.7 Å². The molecule has 1 N–H and O–H groups in total. The minimum absolute atomic E-state index is 0.0167. The Kier molecular flexibility index (Phi) is 6.33. The van der Waals surface area contributed by atoms with Gasteiger partial charge in [-0.2, -0.15) is 0 Å². The molecule has 1 atom stereocenters. The molecule has 2 aromatic carbocycles. The first-order valence-corrected chi connectivity index (χ1v) is 9.66. The lowest BCUT2D eigenvalue weighted by Crippen LogP contribution is -2.24. The fourth-order valence-corrected chi connectivity index (χ4v) is 3.55. The van der Waals surface area contributed by atoms with Crippen molar-refractivity contribution in [3.63, 3.8) is 0 Å². The number of nitro benzene ring substituents is 1. The number of anilines is 1. The first-order chi connectivity index (χ1) is 13.4. The number of rotatable bonds is 7. The Morgan fingerprint density at radius 3 is 2.68 bits per heavy atom. The summed E-state index contributed by atoms with van der Waals surface area (Å²) in [5, 5.41) is 13.8. The van der Waals surface area contributed by atoms with E-state index < -0.39 is 10.2 Å². The lowest BCUT2D eigenvalue weighted by Gasteiger charge is -2.13. The second-order valence-electron chi connectivity index (χ2n) is 5.97. The number of nitrogens with zero attached hydrogens (tertiary/aromatic N) is 3. The average Bonchev–Trinajstić information content (AvgIpc) is 3.10. The van der Waals surface area contributed by atoms with Crippen LogP contribution in [0.5, 0.6) is 0 Å². The van der Waals surface area contributed by atoms with Crippen LogP contribution in [0, 0.1) is 10.1 Å². The third kappa shape index (κ3) is 4.90. The number of carbonyl (C=O) groups excluding carboxylic acids is 1. The molecule has 0 aliphatic heterocycles. The Hall–Kier alpha value is -2.84. The number of benzene rings is 2. The van der Waals surface area contributed by atoms with Crippen LogP contribution in [0.25, 0.3) is 0 Å². The van der Waals surface area contributed by atoms with Crippen LogP contribution in [0.2, 0.25) is 5.02 Å². The number of thioether (sulfide) groups is 1. The van der Waals surface area contributed by atoms with Gasteiger partial charge >= 0.3 is 0 Å². The SMILES string of the molecule is C[C@H](Sc1ccc([N+](=O)[O-])cc1)C(=O)Nc1nccn1Cc1ccccc1Cl. The maximum absolute atomic E-state index is 12.5. The van der Waals surface area contributed by atoms with Crippen molar-refractivity contribution in [2.24, 2.45) is 0 Å². The zero-order chi connectivity index (χ0) is 20.1. The molecule has 0 fully saturated rings. The summed E-state index contributed by atoms with van der Waals surface area (Å²) in [5.41, 5.74) is 0.939. The fraction of sp³-hybridized carbons (Fsp3) is 0.158. The van der Waals surface area contributed by atoms with E-state index in [-0.39, 0.29) is 11.6 Å². The summed E-state index contributed by atoms with van der Waals surface area (Å²) >= 11 is 7.52. The second kappa shape index (κ2) is 8.90. The maximum atomic E-state index is 12.5. The number of nitrogens with one attached hydrogen (secondary N) is 1. The monoisotopic (exact) mass is 416 g/mol. The molecule has 3 rings (SSSR count). The predicted molar refractivity (Wildman–Crippen MR) is 110 cm³/mol. The number of hydrogen-bond donors (Lipinski definition) is 1. The zero-order valence-electron chi connectivity index (χ0n) is 14.9. The second-order valence-corrected chi connectivity index (χ2v) is 7.79. The summed E-state index contributed by atoms with van der Waals surface area (Å²) in [6, 6.07) is 13.6. The molecule has 7 nitrogen and oxygen atoms in total. The van der Waals surface area contributed by atoms with Crippen LogP contribution in [0.1, 0.15) is 12.5 Å². The van der Waals surface area contributed by atoms with Gasteiger partial charge in [0.25, 0.3) is 5.69 Å². The van der Waals surface area contributed by atoms with Crippen LogP contribution in [0.3, 0.4) is 0 Å². The first-order valence-electron chi connectivity index (χ1n) is 8.40. The molecule has 0 saturated heterocycles. The van der Waals surface area contributed by atoms with Crippen molar-refractivity contribution in [2.75, 3.05) is 5.32 Å². The van der Waals surface area contributed by atoms with Crippen molar-refractivity contribution in [1.29, 1.82) is 0 Å². The summed E-state index contributed by atoms with van der Waals surface area (Å²) in [4.78, 5) is 27.8. The molecule has 9 heteroatoms. The highest BCUT2D eigenvalue weighted by atomic mass is 35.5. The standard InChI is InChI=1S/C19H17ClN4O3S/c1-13(28-16-8-6-15(7-9-16)24(26)27)18(25)22-19-21-10-11-23(19)12-14-4-2-3-5-17(14)20/h2-11,13H,12H2,1H3,(H,21,22,25)/t13-/m0/s1. The zero-order valence-corrected chi connectivity index (χ0v) is 16.5. The van der Waals surface area contributed by atoms with Crippen molar-refractivity contribution < 1.29 is 9.72 Å². The van der Waals surface area contributed by atoms with Gasteiger partial charge in [0.1, 0.15) is 0 Å². The summed E-state index contributed by atoms with van der Waals surface area (Å²) in [6.07, 6.45) is 3.38. The summed E-state index contributed by atoms with van der Waals surface area (Å²) < 4.78 is 1.81. The molecule has 0 saturated carbocycles. The van der Waals surface area contributed by atoms with E-state index >= 15 is 0 Å². The van der Waals surface area contributed by atoms with E-state index in [1.165, 1.54) is 23.9 Å². The van der Waals surface area contributed by atoms with E-state index in [1.807, 2.05) is 28.8 Å². The molecule has 0 aliphatic carbocycles. The van der Waals surface area contributed by atoms with Crippen molar-refractivity contribution in [1.82, 2.24) is 9.55 Å². The fourth-order valence-electron chi connectivity index (χ4n) is 2.49. The van der Waals surface area contributed by atoms with Crippen LogP contribution in [-0.4, -0.2) is 25.6 Å². The van der Waals surface area contributed by atoms with Crippen molar-refractivity contribution in [3.8, 4) is 0 Å². The lowest BCUT2D eigenvalue weighted by atomic mass is 10.2. The van der Waals surface area contributed by atoms with Gasteiger partial charge in [-0.1, -0.05) is 29.8 Å².